The number of aromatic nitrogens is 3. The minimum Gasteiger partial charge on any atom is -0.488 e. The first-order valence-electron chi connectivity index (χ1n) is 14.6. The number of piperidine rings is 1. The van der Waals surface area contributed by atoms with E-state index in [1.165, 1.54) is 37.7 Å². The Morgan fingerprint density at radius 1 is 1.12 bits per heavy atom. The third-order valence-electron chi connectivity index (χ3n) is 8.72. The van der Waals surface area contributed by atoms with Crippen molar-refractivity contribution < 1.29 is 9.53 Å². The molecule has 4 aromatic rings. The van der Waals surface area contributed by atoms with Crippen molar-refractivity contribution in [2.75, 3.05) is 18.5 Å². The summed E-state index contributed by atoms with van der Waals surface area (Å²) in [5, 5.41) is 3.33. The third kappa shape index (κ3) is 5.89. The molecule has 1 unspecified atom stereocenters. The standard InChI is InChI=1S/C33H39N5O2S/c1-22-8-13-30(28(16-22)29-21-41-33(35-29)38-18-24-6-5-7-27(38)12-9-24)40-20-26-11-10-25(17-23(26)2)32(39)37(4)19-31-34-14-15-36(31)3/h8,10-11,13-17,21,24,27H,5-7,9,12,18-20H2,1-4H3/t24-,27?/m1/s1. The predicted octanol–water partition coefficient (Wildman–Crippen LogP) is 6.78. The fourth-order valence-electron chi connectivity index (χ4n) is 6.20. The average molecular weight is 570 g/mol. The molecule has 0 radical (unpaired) electrons. The highest BCUT2D eigenvalue weighted by atomic mass is 32.1. The molecule has 0 N–H and O–H groups in total. The van der Waals surface area contributed by atoms with Crippen molar-refractivity contribution in [3.8, 4) is 17.0 Å². The first kappa shape index (κ1) is 27.5. The minimum atomic E-state index is -0.0265. The summed E-state index contributed by atoms with van der Waals surface area (Å²) in [4.78, 5) is 26.8. The molecule has 8 heteroatoms. The van der Waals surface area contributed by atoms with Gasteiger partial charge in [0.05, 0.1) is 12.2 Å². The molecule has 2 bridgehead atoms. The van der Waals surface area contributed by atoms with Gasteiger partial charge in [-0.25, -0.2) is 9.97 Å². The highest BCUT2D eigenvalue weighted by Gasteiger charge is 2.33. The van der Waals surface area contributed by atoms with Crippen LogP contribution in [0.3, 0.4) is 0 Å². The summed E-state index contributed by atoms with van der Waals surface area (Å²) in [6.07, 6.45) is 10.3. The van der Waals surface area contributed by atoms with Crippen LogP contribution in [0.2, 0.25) is 0 Å². The van der Waals surface area contributed by atoms with Gasteiger partial charge < -0.3 is 19.1 Å². The number of thiazole rings is 1. The SMILES string of the molecule is Cc1ccc(OCc2ccc(C(=O)N(C)Cc3nccn3C)cc2C)c(-c2csc(N3C[C@@H]4CCCC3CC4)n2)c1. The second-order valence-corrected chi connectivity index (χ2v) is 12.6. The lowest BCUT2D eigenvalue weighted by molar-refractivity contribution is 0.0780. The molecule has 2 aromatic carbocycles. The van der Waals surface area contributed by atoms with Crippen molar-refractivity contribution in [3.63, 3.8) is 0 Å². The molecule has 3 fully saturated rings. The van der Waals surface area contributed by atoms with Crippen LogP contribution in [0.5, 0.6) is 5.75 Å². The van der Waals surface area contributed by atoms with E-state index in [2.05, 4.69) is 40.4 Å². The van der Waals surface area contributed by atoms with E-state index in [0.717, 1.165) is 51.6 Å². The van der Waals surface area contributed by atoms with E-state index in [9.17, 15) is 4.79 Å². The number of nitrogens with zero attached hydrogens (tertiary/aromatic N) is 5. The molecular formula is C33H39N5O2S. The van der Waals surface area contributed by atoms with Crippen molar-refractivity contribution in [1.82, 2.24) is 19.4 Å². The number of fused-ring (bicyclic) bond motifs is 4. The lowest BCUT2D eigenvalue weighted by Crippen LogP contribution is -2.41. The van der Waals surface area contributed by atoms with Crippen molar-refractivity contribution in [2.24, 2.45) is 13.0 Å². The number of rotatable bonds is 8. The highest BCUT2D eigenvalue weighted by molar-refractivity contribution is 7.14. The zero-order valence-electron chi connectivity index (χ0n) is 24.5. The van der Waals surface area contributed by atoms with Gasteiger partial charge in [0, 0.05) is 55.6 Å². The third-order valence-corrected chi connectivity index (χ3v) is 9.60. The quantitative estimate of drug-likeness (QED) is 0.234. The Morgan fingerprint density at radius 3 is 2.80 bits per heavy atom. The highest BCUT2D eigenvalue weighted by Crippen LogP contribution is 2.40. The summed E-state index contributed by atoms with van der Waals surface area (Å²) in [7, 11) is 3.75. The normalized spacial score (nSPS) is 18.4. The lowest BCUT2D eigenvalue weighted by Gasteiger charge is -2.36. The van der Waals surface area contributed by atoms with Gasteiger partial charge >= 0.3 is 0 Å². The van der Waals surface area contributed by atoms with Crippen LogP contribution in [0.15, 0.2) is 54.2 Å². The molecule has 2 saturated heterocycles. The zero-order chi connectivity index (χ0) is 28.5. The van der Waals surface area contributed by atoms with Crippen LogP contribution in [-0.4, -0.2) is 45.0 Å². The second kappa shape index (κ2) is 11.7. The number of benzene rings is 2. The largest absolute Gasteiger partial charge is 0.488 e. The Morgan fingerprint density at radius 2 is 2.00 bits per heavy atom. The van der Waals surface area contributed by atoms with Crippen molar-refractivity contribution in [1.29, 1.82) is 0 Å². The molecule has 3 aliphatic rings. The molecule has 7 rings (SSSR count). The van der Waals surface area contributed by atoms with Crippen molar-refractivity contribution >= 4 is 22.4 Å². The maximum absolute atomic E-state index is 13.1. The molecule has 7 nitrogen and oxygen atoms in total. The van der Waals surface area contributed by atoms with Crippen LogP contribution in [0.25, 0.3) is 11.3 Å². The molecule has 2 aliphatic heterocycles. The molecule has 4 heterocycles. The maximum Gasteiger partial charge on any atom is 0.254 e. The van der Waals surface area contributed by atoms with E-state index in [1.54, 1.807) is 22.4 Å². The summed E-state index contributed by atoms with van der Waals surface area (Å²) in [5.41, 5.74) is 5.95. The fourth-order valence-corrected chi connectivity index (χ4v) is 7.11. The molecule has 2 atom stereocenters. The fraction of sp³-hybridized carbons (Fsp3) is 0.424. The molecule has 1 amide bonds. The van der Waals surface area contributed by atoms with Crippen LogP contribution in [0.4, 0.5) is 5.13 Å². The van der Waals surface area contributed by atoms with Gasteiger partial charge in [-0.1, -0.05) is 24.1 Å². The summed E-state index contributed by atoms with van der Waals surface area (Å²) in [6, 6.07) is 12.8. The van der Waals surface area contributed by atoms with E-state index >= 15 is 0 Å². The van der Waals surface area contributed by atoms with Crippen LogP contribution < -0.4 is 9.64 Å². The summed E-state index contributed by atoms with van der Waals surface area (Å²) < 4.78 is 8.34. The molecular weight excluding hydrogens is 530 g/mol. The van der Waals surface area contributed by atoms with Crippen LogP contribution in [0, 0.1) is 19.8 Å². The van der Waals surface area contributed by atoms with Crippen molar-refractivity contribution in [3.05, 3.63) is 82.3 Å². The summed E-state index contributed by atoms with van der Waals surface area (Å²) in [5.74, 6) is 2.47. The van der Waals surface area contributed by atoms with Gasteiger partial charge in [0.25, 0.3) is 5.91 Å². The number of aryl methyl sites for hydroxylation is 3. The molecule has 1 aliphatic carbocycles. The predicted molar refractivity (Wildman–Crippen MR) is 165 cm³/mol. The van der Waals surface area contributed by atoms with E-state index in [0.29, 0.717) is 24.8 Å². The van der Waals surface area contributed by atoms with Gasteiger partial charge in [-0.05, 0) is 80.8 Å². The molecule has 1 saturated carbocycles. The van der Waals surface area contributed by atoms with Gasteiger partial charge in [-0.15, -0.1) is 11.3 Å². The number of anilines is 1. The topological polar surface area (TPSA) is 63.5 Å². The lowest BCUT2D eigenvalue weighted by atomic mass is 9.95. The molecule has 0 spiro atoms. The number of carbonyl (C=O) groups excluding carboxylic acids is 1. The van der Waals surface area contributed by atoms with Gasteiger partial charge in [0.15, 0.2) is 5.13 Å². The van der Waals surface area contributed by atoms with Crippen LogP contribution in [-0.2, 0) is 20.2 Å². The van der Waals surface area contributed by atoms with Crippen molar-refractivity contribution in [2.45, 2.75) is 65.1 Å². The first-order valence-corrected chi connectivity index (χ1v) is 15.5. The number of hydrogen-bond acceptors (Lipinski definition) is 6. The number of ether oxygens (including phenoxy) is 1. The number of carbonyl (C=O) groups is 1. The number of amides is 1. The first-order chi connectivity index (χ1) is 19.9. The summed E-state index contributed by atoms with van der Waals surface area (Å²) in [6.45, 7) is 6.17. The Hall–Kier alpha value is -3.65. The second-order valence-electron chi connectivity index (χ2n) is 11.7. The van der Waals surface area contributed by atoms with Gasteiger partial charge in [0.1, 0.15) is 18.2 Å². The summed E-state index contributed by atoms with van der Waals surface area (Å²) >= 11 is 1.76. The van der Waals surface area contributed by atoms with E-state index in [4.69, 9.17) is 9.72 Å². The number of hydrogen-bond donors (Lipinski definition) is 0. The molecule has 2 aromatic heterocycles. The van der Waals surface area contributed by atoms with E-state index in [-0.39, 0.29) is 5.91 Å². The Bertz CT molecular complexity index is 1540. The van der Waals surface area contributed by atoms with Crippen LogP contribution in [0.1, 0.15) is 65.0 Å². The molecule has 41 heavy (non-hydrogen) atoms. The minimum absolute atomic E-state index is 0.0265. The average Bonchev–Trinajstić information content (AvgIpc) is 3.49. The maximum atomic E-state index is 13.1. The number of imidazole rings is 1. The zero-order valence-corrected chi connectivity index (χ0v) is 25.3. The Balaban J connectivity index is 1.16. The monoisotopic (exact) mass is 569 g/mol. The Kier molecular flexibility index (Phi) is 7.84. The van der Waals surface area contributed by atoms with E-state index < -0.39 is 0 Å². The Labute approximate surface area is 246 Å². The van der Waals surface area contributed by atoms with E-state index in [1.807, 2.05) is 50.0 Å². The van der Waals surface area contributed by atoms with Gasteiger partial charge in [0.2, 0.25) is 0 Å². The van der Waals surface area contributed by atoms with Crippen LogP contribution >= 0.6 is 11.3 Å². The molecule has 214 valence electrons. The smallest absolute Gasteiger partial charge is 0.254 e. The van der Waals surface area contributed by atoms with Gasteiger partial charge in [-0.3, -0.25) is 4.79 Å². The van der Waals surface area contributed by atoms with Gasteiger partial charge in [-0.2, -0.15) is 0 Å².